The summed E-state index contributed by atoms with van der Waals surface area (Å²) in [5.74, 6) is 8.21. The van der Waals surface area contributed by atoms with Crippen LogP contribution in [0.4, 0.5) is 0 Å². The predicted octanol–water partition coefficient (Wildman–Crippen LogP) is 2.85. The highest BCUT2D eigenvalue weighted by atomic mass is 16.5. The van der Waals surface area contributed by atoms with Crippen molar-refractivity contribution in [1.82, 2.24) is 5.43 Å². The van der Waals surface area contributed by atoms with Crippen molar-refractivity contribution in [2.45, 2.75) is 64.3 Å². The van der Waals surface area contributed by atoms with Crippen molar-refractivity contribution < 1.29 is 4.74 Å². The second kappa shape index (κ2) is 7.46. The van der Waals surface area contributed by atoms with Crippen molar-refractivity contribution in [2.24, 2.45) is 23.6 Å². The summed E-state index contributed by atoms with van der Waals surface area (Å²) in [5.41, 5.74) is 3.11. The molecule has 0 aromatic heterocycles. The van der Waals surface area contributed by atoms with Gasteiger partial charge in [0.1, 0.15) is 0 Å². The molecule has 0 aromatic rings. The maximum absolute atomic E-state index is 5.82. The molecule has 0 amide bonds. The van der Waals surface area contributed by atoms with Crippen LogP contribution in [0.3, 0.4) is 0 Å². The van der Waals surface area contributed by atoms with Gasteiger partial charge in [0.05, 0.1) is 6.61 Å². The number of rotatable bonds is 5. The van der Waals surface area contributed by atoms with Crippen LogP contribution in [0.2, 0.25) is 0 Å². The number of nitrogens with one attached hydrogen (secondary N) is 1. The van der Waals surface area contributed by atoms with Crippen LogP contribution in [0.1, 0.15) is 58.3 Å². The Morgan fingerprint density at radius 1 is 1.17 bits per heavy atom. The molecule has 0 bridgehead atoms. The summed E-state index contributed by atoms with van der Waals surface area (Å²) < 4.78 is 5.62. The summed E-state index contributed by atoms with van der Waals surface area (Å²) >= 11 is 0. The van der Waals surface area contributed by atoms with E-state index < -0.39 is 0 Å². The predicted molar refractivity (Wildman–Crippen MR) is 75.0 cm³/mol. The van der Waals surface area contributed by atoms with E-state index in [-0.39, 0.29) is 0 Å². The molecule has 0 aromatic carbocycles. The van der Waals surface area contributed by atoms with Crippen LogP contribution in [-0.4, -0.2) is 19.3 Å². The van der Waals surface area contributed by atoms with Crippen LogP contribution in [-0.2, 0) is 4.74 Å². The average Bonchev–Trinajstić information content (AvgIpc) is 2.43. The second-order valence-electron chi connectivity index (χ2n) is 6.24. The minimum absolute atomic E-state index is 0.480. The lowest BCUT2D eigenvalue weighted by Gasteiger charge is -2.38. The van der Waals surface area contributed by atoms with Gasteiger partial charge < -0.3 is 4.74 Å². The fourth-order valence-corrected chi connectivity index (χ4v) is 3.95. The summed E-state index contributed by atoms with van der Waals surface area (Å²) in [6.07, 6.45) is 10.8. The molecule has 0 radical (unpaired) electrons. The van der Waals surface area contributed by atoms with Gasteiger partial charge in [-0.2, -0.15) is 0 Å². The summed E-state index contributed by atoms with van der Waals surface area (Å²) in [6.45, 7) is 4.15. The molecule has 3 N–H and O–H groups in total. The van der Waals surface area contributed by atoms with Gasteiger partial charge in [0.15, 0.2) is 0 Å². The van der Waals surface area contributed by atoms with E-state index in [0.717, 1.165) is 25.0 Å². The molecule has 2 unspecified atom stereocenters. The van der Waals surface area contributed by atoms with Gasteiger partial charge in [-0.25, -0.2) is 0 Å². The Hall–Kier alpha value is -0.120. The van der Waals surface area contributed by atoms with Crippen molar-refractivity contribution in [3.8, 4) is 0 Å². The molecular weight excluding hydrogens is 224 g/mol. The Morgan fingerprint density at radius 2 is 1.94 bits per heavy atom. The number of nitrogens with two attached hydrogens (primary N) is 1. The summed E-state index contributed by atoms with van der Waals surface area (Å²) in [4.78, 5) is 0. The topological polar surface area (TPSA) is 47.3 Å². The van der Waals surface area contributed by atoms with E-state index in [1.54, 1.807) is 0 Å². The highest BCUT2D eigenvalue weighted by Gasteiger charge is 2.32. The standard InChI is InChI=1S/C15H30N2O/c1-2-4-12-6-8-13(9-7-12)15(17-16)14-5-3-10-18-11-14/h12-15,17H,2-11,16H2,1H3. The van der Waals surface area contributed by atoms with Gasteiger partial charge in [-0.1, -0.05) is 32.6 Å². The summed E-state index contributed by atoms with van der Waals surface area (Å²) in [7, 11) is 0. The van der Waals surface area contributed by atoms with Gasteiger partial charge in [0.25, 0.3) is 0 Å². The molecule has 1 heterocycles. The molecule has 3 nitrogen and oxygen atoms in total. The average molecular weight is 254 g/mol. The molecule has 2 rings (SSSR count). The zero-order chi connectivity index (χ0) is 12.8. The molecular formula is C15H30N2O. The minimum Gasteiger partial charge on any atom is -0.381 e. The third-order valence-corrected chi connectivity index (χ3v) is 4.99. The van der Waals surface area contributed by atoms with Crippen LogP contribution in [0.25, 0.3) is 0 Å². The van der Waals surface area contributed by atoms with Gasteiger partial charge >= 0.3 is 0 Å². The van der Waals surface area contributed by atoms with Crippen molar-refractivity contribution in [1.29, 1.82) is 0 Å². The molecule has 1 aliphatic heterocycles. The Bertz CT molecular complexity index is 221. The first-order chi connectivity index (χ1) is 8.85. The molecule has 2 aliphatic rings. The molecule has 18 heavy (non-hydrogen) atoms. The molecule has 2 fully saturated rings. The Kier molecular flexibility index (Phi) is 5.93. The Morgan fingerprint density at radius 3 is 2.50 bits per heavy atom. The molecule has 1 saturated carbocycles. The monoisotopic (exact) mass is 254 g/mol. The zero-order valence-corrected chi connectivity index (χ0v) is 11.9. The Labute approximate surface area is 112 Å². The number of ether oxygens (including phenoxy) is 1. The minimum atomic E-state index is 0.480. The van der Waals surface area contributed by atoms with Crippen molar-refractivity contribution in [3.63, 3.8) is 0 Å². The van der Waals surface area contributed by atoms with E-state index in [9.17, 15) is 0 Å². The summed E-state index contributed by atoms with van der Waals surface area (Å²) in [6, 6.07) is 0.480. The first-order valence-electron chi connectivity index (χ1n) is 7.89. The van der Waals surface area contributed by atoms with E-state index in [4.69, 9.17) is 10.6 Å². The lowest BCUT2D eigenvalue weighted by Crippen LogP contribution is -2.49. The number of hydrogen-bond donors (Lipinski definition) is 2. The van der Waals surface area contributed by atoms with E-state index >= 15 is 0 Å². The first-order valence-corrected chi connectivity index (χ1v) is 7.89. The van der Waals surface area contributed by atoms with Gasteiger partial charge in [-0.05, 0) is 43.4 Å². The SMILES string of the molecule is CCCC1CCC(C(NN)C2CCCOC2)CC1. The lowest BCUT2D eigenvalue weighted by molar-refractivity contribution is 0.0222. The maximum Gasteiger partial charge on any atom is 0.0509 e. The van der Waals surface area contributed by atoms with Gasteiger partial charge in [0, 0.05) is 12.6 Å². The van der Waals surface area contributed by atoms with Crippen LogP contribution in [0.15, 0.2) is 0 Å². The molecule has 0 spiro atoms. The summed E-state index contributed by atoms with van der Waals surface area (Å²) in [5, 5.41) is 0. The quantitative estimate of drug-likeness (QED) is 0.586. The third kappa shape index (κ3) is 3.69. The van der Waals surface area contributed by atoms with Crippen LogP contribution < -0.4 is 11.3 Å². The first kappa shape index (κ1) is 14.3. The highest BCUT2D eigenvalue weighted by molar-refractivity contribution is 4.86. The normalized spacial score (nSPS) is 35.3. The van der Waals surface area contributed by atoms with Crippen molar-refractivity contribution in [3.05, 3.63) is 0 Å². The fourth-order valence-electron chi connectivity index (χ4n) is 3.95. The fraction of sp³-hybridized carbons (Fsp3) is 1.00. The van der Waals surface area contributed by atoms with E-state index in [2.05, 4.69) is 12.3 Å². The van der Waals surface area contributed by atoms with Crippen LogP contribution in [0.5, 0.6) is 0 Å². The van der Waals surface area contributed by atoms with Gasteiger partial charge in [-0.15, -0.1) is 0 Å². The van der Waals surface area contributed by atoms with E-state index in [0.29, 0.717) is 12.0 Å². The van der Waals surface area contributed by atoms with E-state index in [1.807, 2.05) is 0 Å². The van der Waals surface area contributed by atoms with Gasteiger partial charge in [0.2, 0.25) is 0 Å². The molecule has 1 saturated heterocycles. The van der Waals surface area contributed by atoms with Crippen LogP contribution in [0, 0.1) is 17.8 Å². The second-order valence-corrected chi connectivity index (χ2v) is 6.24. The highest BCUT2D eigenvalue weighted by Crippen LogP contribution is 2.36. The van der Waals surface area contributed by atoms with Crippen molar-refractivity contribution >= 4 is 0 Å². The molecule has 3 heteroatoms. The molecule has 106 valence electrons. The molecule has 1 aliphatic carbocycles. The third-order valence-electron chi connectivity index (χ3n) is 4.99. The smallest absolute Gasteiger partial charge is 0.0509 e. The van der Waals surface area contributed by atoms with Crippen molar-refractivity contribution in [2.75, 3.05) is 13.2 Å². The zero-order valence-electron chi connectivity index (χ0n) is 11.9. The molecule has 2 atom stereocenters. The maximum atomic E-state index is 5.82. The largest absolute Gasteiger partial charge is 0.381 e. The number of hydrogen-bond acceptors (Lipinski definition) is 3. The van der Waals surface area contributed by atoms with E-state index in [1.165, 1.54) is 51.4 Å². The lowest BCUT2D eigenvalue weighted by atomic mass is 9.73. The Balaban J connectivity index is 1.81. The number of hydrazine groups is 1. The van der Waals surface area contributed by atoms with Gasteiger partial charge in [-0.3, -0.25) is 11.3 Å². The van der Waals surface area contributed by atoms with Crippen LogP contribution >= 0.6 is 0 Å².